The van der Waals surface area contributed by atoms with Crippen molar-refractivity contribution in [3.63, 3.8) is 0 Å². The molecule has 1 aliphatic carbocycles. The molecule has 1 unspecified atom stereocenters. The minimum atomic E-state index is -5.08. The van der Waals surface area contributed by atoms with Gasteiger partial charge >= 0.3 is 18.2 Å². The highest BCUT2D eigenvalue weighted by molar-refractivity contribution is 5.92. The zero-order valence-corrected chi connectivity index (χ0v) is 18.2. The van der Waals surface area contributed by atoms with Crippen molar-refractivity contribution in [1.82, 2.24) is 9.88 Å². The third-order valence-electron chi connectivity index (χ3n) is 6.36. The summed E-state index contributed by atoms with van der Waals surface area (Å²) in [5.41, 5.74) is 2.66. The Hall–Kier alpha value is -3.63. The second kappa shape index (κ2) is 8.30. The van der Waals surface area contributed by atoms with E-state index in [1.54, 1.807) is 12.4 Å². The van der Waals surface area contributed by atoms with Crippen molar-refractivity contribution in [3.05, 3.63) is 59.4 Å². The molecule has 1 aromatic carbocycles. The predicted molar refractivity (Wildman–Crippen MR) is 113 cm³/mol. The molecule has 2 aliphatic heterocycles. The normalized spacial score (nSPS) is 22.1. The number of amides is 2. The number of rotatable bonds is 2. The van der Waals surface area contributed by atoms with Crippen LogP contribution < -0.4 is 5.32 Å². The van der Waals surface area contributed by atoms with Crippen LogP contribution in [0.25, 0.3) is 0 Å². The number of aryl methyl sites for hydroxylation is 1. The van der Waals surface area contributed by atoms with Crippen molar-refractivity contribution in [3.8, 4) is 0 Å². The minimum absolute atomic E-state index is 0.147. The fourth-order valence-electron chi connectivity index (χ4n) is 4.44. The standard InChI is InChI=1S/C21H21N3O3.C2HF3O2/c1-14-2-4-15(5-3-14)20(7-8-20)18(25)24-11-9-21(13-24)16-6-10-22-12-17(16)23-19(26)27-21;3-2(4,5)1(6)7/h2-6,10,12H,7-9,11,13H2,1H3,(H,23,26);(H,6,7). The highest BCUT2D eigenvalue weighted by atomic mass is 19.4. The Labute approximate surface area is 192 Å². The second-order valence-corrected chi connectivity index (χ2v) is 8.66. The number of aromatic nitrogens is 1. The lowest BCUT2D eigenvalue weighted by Crippen LogP contribution is -2.44. The predicted octanol–water partition coefficient (Wildman–Crippen LogP) is 3.74. The Morgan fingerprint density at radius 2 is 1.79 bits per heavy atom. The molecule has 0 radical (unpaired) electrons. The average Bonchev–Trinajstić information content (AvgIpc) is 3.48. The van der Waals surface area contributed by atoms with Gasteiger partial charge in [0.05, 0.1) is 23.8 Å². The summed E-state index contributed by atoms with van der Waals surface area (Å²) < 4.78 is 37.5. The lowest BCUT2D eigenvalue weighted by atomic mass is 9.90. The molecule has 3 aliphatic rings. The number of halogens is 3. The molecule has 1 atom stereocenters. The molecule has 2 aromatic rings. The van der Waals surface area contributed by atoms with Gasteiger partial charge < -0.3 is 14.7 Å². The summed E-state index contributed by atoms with van der Waals surface area (Å²) in [5.74, 6) is -2.61. The lowest BCUT2D eigenvalue weighted by Gasteiger charge is -2.35. The minimum Gasteiger partial charge on any atom is -0.475 e. The summed E-state index contributed by atoms with van der Waals surface area (Å²) in [7, 11) is 0. The first-order valence-corrected chi connectivity index (χ1v) is 10.6. The maximum absolute atomic E-state index is 13.4. The second-order valence-electron chi connectivity index (χ2n) is 8.66. The van der Waals surface area contributed by atoms with Crippen molar-refractivity contribution in [2.75, 3.05) is 18.4 Å². The maximum atomic E-state index is 13.4. The molecule has 11 heteroatoms. The lowest BCUT2D eigenvalue weighted by molar-refractivity contribution is -0.192. The number of alkyl halides is 3. The molecule has 34 heavy (non-hydrogen) atoms. The van der Waals surface area contributed by atoms with Gasteiger partial charge in [-0.05, 0) is 31.4 Å². The van der Waals surface area contributed by atoms with Gasteiger partial charge in [0.25, 0.3) is 0 Å². The van der Waals surface area contributed by atoms with Crippen LogP contribution in [-0.2, 0) is 25.3 Å². The Morgan fingerprint density at radius 3 is 2.38 bits per heavy atom. The van der Waals surface area contributed by atoms with Gasteiger partial charge in [-0.15, -0.1) is 0 Å². The van der Waals surface area contributed by atoms with Crippen molar-refractivity contribution >= 4 is 23.7 Å². The molecule has 5 rings (SSSR count). The Morgan fingerprint density at radius 1 is 1.15 bits per heavy atom. The van der Waals surface area contributed by atoms with Gasteiger partial charge in [-0.3, -0.25) is 15.1 Å². The van der Waals surface area contributed by atoms with E-state index in [0.717, 1.165) is 24.0 Å². The number of ether oxygens (including phenoxy) is 1. The Kier molecular flexibility index (Phi) is 5.74. The zero-order valence-electron chi connectivity index (χ0n) is 18.2. The summed E-state index contributed by atoms with van der Waals surface area (Å²) in [5, 5.41) is 9.83. The third kappa shape index (κ3) is 4.29. The molecule has 1 saturated heterocycles. The fourth-order valence-corrected chi connectivity index (χ4v) is 4.44. The van der Waals surface area contributed by atoms with Crippen LogP contribution in [0.5, 0.6) is 0 Å². The van der Waals surface area contributed by atoms with E-state index in [0.29, 0.717) is 25.2 Å². The van der Waals surface area contributed by atoms with Gasteiger partial charge in [-0.1, -0.05) is 29.8 Å². The summed E-state index contributed by atoms with van der Waals surface area (Å²) in [4.78, 5) is 40.3. The first-order valence-electron chi connectivity index (χ1n) is 10.6. The van der Waals surface area contributed by atoms with E-state index in [4.69, 9.17) is 14.6 Å². The molecule has 2 amide bonds. The Balaban J connectivity index is 0.000000344. The molecule has 180 valence electrons. The van der Waals surface area contributed by atoms with Crippen LogP contribution >= 0.6 is 0 Å². The molecule has 2 fully saturated rings. The SMILES string of the molecule is Cc1ccc(C2(C(=O)N3CCC4(C3)OC(=O)Nc3cnccc34)CC2)cc1.O=C(O)C(F)(F)F. The number of carbonyl (C=O) groups excluding carboxylic acids is 2. The number of anilines is 1. The number of carboxylic acids is 1. The highest BCUT2D eigenvalue weighted by Crippen LogP contribution is 2.51. The van der Waals surface area contributed by atoms with Crippen LogP contribution in [0.2, 0.25) is 0 Å². The summed E-state index contributed by atoms with van der Waals surface area (Å²) >= 11 is 0. The van der Waals surface area contributed by atoms with Crippen LogP contribution in [0.3, 0.4) is 0 Å². The topological polar surface area (TPSA) is 109 Å². The van der Waals surface area contributed by atoms with Crippen LogP contribution in [0.1, 0.15) is 36.0 Å². The summed E-state index contributed by atoms with van der Waals surface area (Å²) in [6, 6.07) is 10.1. The molecule has 8 nitrogen and oxygen atoms in total. The smallest absolute Gasteiger partial charge is 0.475 e. The van der Waals surface area contributed by atoms with Crippen molar-refractivity contribution in [2.24, 2.45) is 0 Å². The molecule has 0 bridgehead atoms. The van der Waals surface area contributed by atoms with E-state index in [9.17, 15) is 22.8 Å². The van der Waals surface area contributed by atoms with E-state index in [-0.39, 0.29) is 5.91 Å². The molecule has 1 saturated carbocycles. The number of likely N-dealkylation sites (tertiary alicyclic amines) is 1. The number of aliphatic carboxylic acids is 1. The largest absolute Gasteiger partial charge is 0.490 e. The fraction of sp³-hybridized carbons (Fsp3) is 0.391. The molecule has 1 spiro atoms. The van der Waals surface area contributed by atoms with Crippen LogP contribution in [0.15, 0.2) is 42.7 Å². The zero-order chi connectivity index (χ0) is 24.7. The Bertz CT molecular complexity index is 1130. The number of nitrogens with zero attached hydrogens (tertiary/aromatic N) is 2. The van der Waals surface area contributed by atoms with Gasteiger partial charge in [0.2, 0.25) is 5.91 Å². The van der Waals surface area contributed by atoms with Crippen LogP contribution in [0, 0.1) is 6.92 Å². The molecule has 3 heterocycles. The van der Waals surface area contributed by atoms with E-state index in [1.807, 2.05) is 17.9 Å². The van der Waals surface area contributed by atoms with E-state index >= 15 is 0 Å². The van der Waals surface area contributed by atoms with Gasteiger partial charge in [0.15, 0.2) is 5.60 Å². The molecular formula is C23H22F3N3O5. The maximum Gasteiger partial charge on any atom is 0.490 e. The molecule has 1 aromatic heterocycles. The van der Waals surface area contributed by atoms with Gasteiger partial charge in [-0.2, -0.15) is 13.2 Å². The van der Waals surface area contributed by atoms with Crippen molar-refractivity contribution < 1.29 is 37.4 Å². The highest BCUT2D eigenvalue weighted by Gasteiger charge is 2.57. The number of fused-ring (bicyclic) bond motifs is 2. The van der Waals surface area contributed by atoms with Crippen molar-refractivity contribution in [2.45, 2.75) is 43.4 Å². The monoisotopic (exact) mass is 477 g/mol. The van der Waals surface area contributed by atoms with E-state index < -0.39 is 29.3 Å². The number of nitrogens with one attached hydrogen (secondary N) is 1. The number of carbonyl (C=O) groups is 3. The summed E-state index contributed by atoms with van der Waals surface area (Å²) in [6.07, 6.45) is 0.120. The average molecular weight is 477 g/mol. The van der Waals surface area contributed by atoms with Crippen LogP contribution in [0.4, 0.5) is 23.7 Å². The molecule has 2 N–H and O–H groups in total. The van der Waals surface area contributed by atoms with E-state index in [2.05, 4.69) is 34.6 Å². The molecular weight excluding hydrogens is 455 g/mol. The number of hydrogen-bond acceptors (Lipinski definition) is 5. The third-order valence-corrected chi connectivity index (χ3v) is 6.36. The van der Waals surface area contributed by atoms with Gasteiger partial charge in [0, 0.05) is 24.7 Å². The summed E-state index contributed by atoms with van der Waals surface area (Å²) in [6.45, 7) is 3.03. The van der Waals surface area contributed by atoms with Gasteiger partial charge in [-0.25, -0.2) is 9.59 Å². The van der Waals surface area contributed by atoms with Crippen molar-refractivity contribution in [1.29, 1.82) is 0 Å². The number of pyridine rings is 1. The number of carboxylic acid groups (broad SMARTS) is 1. The van der Waals surface area contributed by atoms with Crippen LogP contribution in [-0.4, -0.2) is 52.2 Å². The first kappa shape index (κ1) is 23.5. The van der Waals surface area contributed by atoms with E-state index in [1.165, 1.54) is 5.56 Å². The quantitative estimate of drug-likeness (QED) is 0.682. The van der Waals surface area contributed by atoms with Gasteiger partial charge in [0.1, 0.15) is 0 Å². The number of benzene rings is 1. The first-order chi connectivity index (χ1) is 16.0. The number of hydrogen-bond donors (Lipinski definition) is 2.